The molecule has 6 nitrogen and oxygen atoms in total. The van der Waals surface area contributed by atoms with Gasteiger partial charge in [-0.05, 0) is 32.4 Å². The predicted molar refractivity (Wildman–Crippen MR) is 107 cm³/mol. The summed E-state index contributed by atoms with van der Waals surface area (Å²) < 4.78 is 5.34. The van der Waals surface area contributed by atoms with E-state index in [2.05, 4.69) is 33.2 Å². The summed E-state index contributed by atoms with van der Waals surface area (Å²) >= 11 is 3.21. The number of aryl methyl sites for hydroxylation is 2. The highest BCUT2D eigenvalue weighted by Crippen LogP contribution is 2.31. The molecule has 0 aliphatic carbocycles. The van der Waals surface area contributed by atoms with E-state index in [1.54, 1.807) is 11.3 Å². The topological polar surface area (TPSA) is 67.4 Å². The lowest BCUT2D eigenvalue weighted by Gasteiger charge is -2.26. The van der Waals surface area contributed by atoms with Crippen LogP contribution in [0.15, 0.2) is 11.1 Å². The number of hydrogen-bond donors (Lipinski definition) is 1. The third kappa shape index (κ3) is 5.39. The molecule has 1 aliphatic rings. The number of rotatable bonds is 8. The minimum atomic E-state index is 0.0623. The van der Waals surface area contributed by atoms with Gasteiger partial charge in [0.15, 0.2) is 0 Å². The standard InChI is InChI=1S/C18H26N4O2S2/c1-3-14-11-15-17(20-13(2)21-18(15)26-14)25-12-16(23)19-5-4-6-22-7-9-24-10-8-22/h11H,3-10,12H2,1-2H3,(H,19,23). The lowest BCUT2D eigenvalue weighted by Crippen LogP contribution is -2.38. The van der Waals surface area contributed by atoms with Crippen LogP contribution in [0.1, 0.15) is 24.0 Å². The maximum Gasteiger partial charge on any atom is 0.230 e. The van der Waals surface area contributed by atoms with E-state index in [0.29, 0.717) is 12.3 Å². The monoisotopic (exact) mass is 394 g/mol. The summed E-state index contributed by atoms with van der Waals surface area (Å²) in [7, 11) is 0. The third-order valence-electron chi connectivity index (χ3n) is 4.29. The van der Waals surface area contributed by atoms with Gasteiger partial charge in [-0.1, -0.05) is 18.7 Å². The molecule has 3 rings (SSSR count). The number of aromatic nitrogens is 2. The highest BCUT2D eigenvalue weighted by atomic mass is 32.2. The number of hydrogen-bond acceptors (Lipinski definition) is 7. The van der Waals surface area contributed by atoms with Crippen molar-refractivity contribution < 1.29 is 9.53 Å². The predicted octanol–water partition coefficient (Wildman–Crippen LogP) is 2.49. The molecule has 1 aliphatic heterocycles. The van der Waals surface area contributed by atoms with E-state index in [1.807, 2.05) is 6.92 Å². The zero-order valence-corrected chi connectivity index (χ0v) is 17.0. The number of amides is 1. The molecule has 0 saturated carbocycles. The summed E-state index contributed by atoms with van der Waals surface area (Å²) in [5.41, 5.74) is 0. The van der Waals surface area contributed by atoms with Crippen molar-refractivity contribution >= 4 is 39.2 Å². The number of ether oxygens (including phenoxy) is 1. The Balaban J connectivity index is 1.45. The number of carbonyl (C=O) groups is 1. The van der Waals surface area contributed by atoms with E-state index < -0.39 is 0 Å². The fourth-order valence-electron chi connectivity index (χ4n) is 2.87. The number of carbonyl (C=O) groups excluding carboxylic acids is 1. The second-order valence-corrected chi connectivity index (χ2v) is 8.39. The zero-order chi connectivity index (χ0) is 18.4. The van der Waals surface area contributed by atoms with Crippen LogP contribution in [0.2, 0.25) is 0 Å². The highest BCUT2D eigenvalue weighted by Gasteiger charge is 2.13. The summed E-state index contributed by atoms with van der Waals surface area (Å²) in [4.78, 5) is 25.9. The Bertz CT molecular complexity index is 744. The van der Waals surface area contributed by atoms with E-state index in [1.165, 1.54) is 16.6 Å². The van der Waals surface area contributed by atoms with Crippen LogP contribution in [0, 0.1) is 6.92 Å². The average molecular weight is 395 g/mol. The molecule has 3 heterocycles. The van der Waals surface area contributed by atoms with Crippen molar-refractivity contribution in [2.75, 3.05) is 45.1 Å². The highest BCUT2D eigenvalue weighted by molar-refractivity contribution is 8.00. The Hall–Kier alpha value is -1.22. The first-order valence-electron chi connectivity index (χ1n) is 9.12. The van der Waals surface area contributed by atoms with Crippen molar-refractivity contribution in [3.05, 3.63) is 16.8 Å². The number of thiophene rings is 1. The number of nitrogens with one attached hydrogen (secondary N) is 1. The SMILES string of the molecule is CCc1cc2c(SCC(=O)NCCCN3CCOCC3)nc(C)nc2s1. The molecular formula is C18H26N4O2S2. The van der Waals surface area contributed by atoms with Crippen LogP contribution in [0.4, 0.5) is 0 Å². The van der Waals surface area contributed by atoms with Gasteiger partial charge in [0.25, 0.3) is 0 Å². The van der Waals surface area contributed by atoms with Gasteiger partial charge in [0, 0.05) is 29.9 Å². The Morgan fingerprint density at radius 3 is 2.96 bits per heavy atom. The van der Waals surface area contributed by atoms with Gasteiger partial charge in [-0.25, -0.2) is 9.97 Å². The summed E-state index contributed by atoms with van der Waals surface area (Å²) in [5, 5.41) is 4.99. The van der Waals surface area contributed by atoms with Crippen molar-refractivity contribution in [3.8, 4) is 0 Å². The molecule has 1 amide bonds. The molecule has 26 heavy (non-hydrogen) atoms. The van der Waals surface area contributed by atoms with Crippen molar-refractivity contribution in [3.63, 3.8) is 0 Å². The molecule has 0 bridgehead atoms. The van der Waals surface area contributed by atoms with Crippen molar-refractivity contribution in [2.45, 2.75) is 31.7 Å². The van der Waals surface area contributed by atoms with Crippen LogP contribution in [-0.4, -0.2) is 65.9 Å². The van der Waals surface area contributed by atoms with Crippen LogP contribution in [-0.2, 0) is 16.0 Å². The van der Waals surface area contributed by atoms with E-state index in [9.17, 15) is 4.79 Å². The Morgan fingerprint density at radius 2 is 2.19 bits per heavy atom. The second kappa shape index (κ2) is 9.64. The smallest absolute Gasteiger partial charge is 0.230 e. The normalized spacial score (nSPS) is 15.5. The first-order valence-corrected chi connectivity index (χ1v) is 10.9. The molecule has 0 radical (unpaired) electrons. The van der Waals surface area contributed by atoms with Crippen LogP contribution in [0.3, 0.4) is 0 Å². The lowest BCUT2D eigenvalue weighted by atomic mass is 10.3. The van der Waals surface area contributed by atoms with E-state index in [0.717, 1.165) is 66.8 Å². The fraction of sp³-hybridized carbons (Fsp3) is 0.611. The van der Waals surface area contributed by atoms with Gasteiger partial charge < -0.3 is 10.1 Å². The van der Waals surface area contributed by atoms with Gasteiger partial charge >= 0.3 is 0 Å². The number of fused-ring (bicyclic) bond motifs is 1. The zero-order valence-electron chi connectivity index (χ0n) is 15.4. The molecule has 1 N–H and O–H groups in total. The quantitative estimate of drug-likeness (QED) is 0.422. The number of thioether (sulfide) groups is 1. The van der Waals surface area contributed by atoms with E-state index in [4.69, 9.17) is 4.74 Å². The Morgan fingerprint density at radius 1 is 1.38 bits per heavy atom. The maximum atomic E-state index is 12.1. The van der Waals surface area contributed by atoms with Gasteiger partial charge in [0.05, 0.1) is 19.0 Å². The molecule has 1 saturated heterocycles. The molecule has 0 atom stereocenters. The van der Waals surface area contributed by atoms with Crippen LogP contribution < -0.4 is 5.32 Å². The van der Waals surface area contributed by atoms with Gasteiger partial charge in [0.1, 0.15) is 15.7 Å². The first kappa shape index (κ1) is 19.5. The first-order chi connectivity index (χ1) is 12.7. The van der Waals surface area contributed by atoms with Gasteiger partial charge in [-0.2, -0.15) is 0 Å². The molecule has 2 aromatic rings. The Kier molecular flexibility index (Phi) is 7.24. The summed E-state index contributed by atoms with van der Waals surface area (Å²) in [6.45, 7) is 9.39. The van der Waals surface area contributed by atoms with Gasteiger partial charge in [-0.15, -0.1) is 11.3 Å². The molecular weight excluding hydrogens is 368 g/mol. The van der Waals surface area contributed by atoms with Gasteiger partial charge in [0.2, 0.25) is 5.91 Å². The largest absolute Gasteiger partial charge is 0.379 e. The summed E-state index contributed by atoms with van der Waals surface area (Å²) in [6, 6.07) is 2.15. The van der Waals surface area contributed by atoms with E-state index in [-0.39, 0.29) is 5.91 Å². The maximum absolute atomic E-state index is 12.1. The summed E-state index contributed by atoms with van der Waals surface area (Å²) in [5.74, 6) is 1.21. The Labute approximate surface area is 162 Å². The minimum absolute atomic E-state index is 0.0623. The molecule has 0 aromatic carbocycles. The van der Waals surface area contributed by atoms with Crippen molar-refractivity contribution in [1.82, 2.24) is 20.2 Å². The molecule has 0 unspecified atom stereocenters. The molecule has 2 aromatic heterocycles. The lowest BCUT2D eigenvalue weighted by molar-refractivity contribution is -0.118. The molecule has 8 heteroatoms. The minimum Gasteiger partial charge on any atom is -0.379 e. The second-order valence-electron chi connectivity index (χ2n) is 6.31. The third-order valence-corrected chi connectivity index (χ3v) is 6.45. The van der Waals surface area contributed by atoms with Crippen LogP contribution in [0.25, 0.3) is 10.2 Å². The van der Waals surface area contributed by atoms with Crippen LogP contribution >= 0.6 is 23.1 Å². The van der Waals surface area contributed by atoms with Crippen LogP contribution in [0.5, 0.6) is 0 Å². The molecule has 0 spiro atoms. The number of morpholine rings is 1. The molecule has 1 fully saturated rings. The number of nitrogens with zero attached hydrogens (tertiary/aromatic N) is 3. The van der Waals surface area contributed by atoms with Crippen molar-refractivity contribution in [1.29, 1.82) is 0 Å². The molecule has 142 valence electrons. The average Bonchev–Trinajstić information content (AvgIpc) is 3.07. The summed E-state index contributed by atoms with van der Waals surface area (Å²) in [6.07, 6.45) is 1.96. The van der Waals surface area contributed by atoms with Gasteiger partial charge in [-0.3, -0.25) is 9.69 Å². The fourth-order valence-corrected chi connectivity index (χ4v) is 4.83. The van der Waals surface area contributed by atoms with E-state index >= 15 is 0 Å². The van der Waals surface area contributed by atoms with Crippen molar-refractivity contribution in [2.24, 2.45) is 0 Å².